The van der Waals surface area contributed by atoms with Crippen molar-refractivity contribution in [1.29, 1.82) is 0 Å². The molecule has 1 saturated heterocycles. The topological polar surface area (TPSA) is 28.2 Å². The van der Waals surface area contributed by atoms with Gasteiger partial charge in [-0.2, -0.15) is 0 Å². The molecule has 0 amide bonds. The molecule has 19 heavy (non-hydrogen) atoms. The normalized spacial score (nSPS) is 17.0. The molecule has 106 valence electrons. The molecule has 0 aliphatic carbocycles. The third kappa shape index (κ3) is 5.21. The van der Waals surface area contributed by atoms with Crippen LogP contribution in [0.25, 0.3) is 0 Å². The molecule has 0 spiro atoms. The van der Waals surface area contributed by atoms with Crippen molar-refractivity contribution in [2.75, 3.05) is 26.2 Å². The van der Waals surface area contributed by atoms with Crippen LogP contribution in [0.4, 0.5) is 0 Å². The summed E-state index contributed by atoms with van der Waals surface area (Å²) in [5.74, 6) is 0.855. The maximum Gasteiger partial charge on any atom is 0.0410 e. The van der Waals surface area contributed by atoms with E-state index in [4.69, 9.17) is 0 Å². The molecule has 0 saturated carbocycles. The van der Waals surface area contributed by atoms with E-state index in [1.54, 1.807) is 0 Å². The van der Waals surface area contributed by atoms with Crippen LogP contribution in [-0.2, 0) is 6.54 Å². The van der Waals surface area contributed by atoms with E-state index in [0.29, 0.717) is 0 Å². The molecule has 1 aromatic heterocycles. The van der Waals surface area contributed by atoms with Crippen molar-refractivity contribution >= 4 is 15.9 Å². The summed E-state index contributed by atoms with van der Waals surface area (Å²) in [4.78, 5) is 6.84. The molecule has 2 rings (SSSR count). The van der Waals surface area contributed by atoms with Gasteiger partial charge in [0, 0.05) is 30.0 Å². The quantitative estimate of drug-likeness (QED) is 0.871. The van der Waals surface area contributed by atoms with Gasteiger partial charge in [0.15, 0.2) is 0 Å². The summed E-state index contributed by atoms with van der Waals surface area (Å²) in [6.07, 6.45) is 7.68. The van der Waals surface area contributed by atoms with Gasteiger partial charge in [0.05, 0.1) is 0 Å². The number of nitrogens with zero attached hydrogens (tertiary/aromatic N) is 2. The van der Waals surface area contributed by atoms with Gasteiger partial charge in [0.25, 0.3) is 0 Å². The molecule has 1 fully saturated rings. The third-order valence-corrected chi connectivity index (χ3v) is 4.12. The molecule has 0 bridgehead atoms. The summed E-state index contributed by atoms with van der Waals surface area (Å²) in [6, 6.07) is 2.18. The fraction of sp³-hybridized carbons (Fsp3) is 0.667. The van der Waals surface area contributed by atoms with Crippen LogP contribution in [0.15, 0.2) is 22.9 Å². The Kier molecular flexibility index (Phi) is 6.28. The Morgan fingerprint density at radius 3 is 2.84 bits per heavy atom. The van der Waals surface area contributed by atoms with Gasteiger partial charge in [-0.3, -0.25) is 9.88 Å². The van der Waals surface area contributed by atoms with Crippen molar-refractivity contribution in [3.8, 4) is 0 Å². The number of hydrogen-bond acceptors (Lipinski definition) is 3. The van der Waals surface area contributed by atoms with Crippen molar-refractivity contribution in [2.24, 2.45) is 5.92 Å². The molecule has 4 heteroatoms. The molecule has 0 aromatic carbocycles. The van der Waals surface area contributed by atoms with Crippen molar-refractivity contribution in [2.45, 2.75) is 32.7 Å². The van der Waals surface area contributed by atoms with Crippen LogP contribution in [0.3, 0.4) is 0 Å². The van der Waals surface area contributed by atoms with Crippen LogP contribution in [0.1, 0.15) is 31.7 Å². The second-order valence-electron chi connectivity index (χ2n) is 5.44. The minimum Gasteiger partial charge on any atom is -0.317 e. The number of pyridine rings is 1. The summed E-state index contributed by atoms with van der Waals surface area (Å²) in [6.45, 7) is 8.05. The third-order valence-electron chi connectivity index (χ3n) is 3.68. The molecule has 3 nitrogen and oxygen atoms in total. The van der Waals surface area contributed by atoms with Gasteiger partial charge in [0.2, 0.25) is 0 Å². The van der Waals surface area contributed by atoms with Gasteiger partial charge < -0.3 is 5.32 Å². The zero-order valence-corrected chi connectivity index (χ0v) is 13.3. The van der Waals surface area contributed by atoms with E-state index < -0.39 is 0 Å². The van der Waals surface area contributed by atoms with Crippen molar-refractivity contribution in [3.63, 3.8) is 0 Å². The molecule has 1 aromatic rings. The highest BCUT2D eigenvalue weighted by atomic mass is 79.9. The van der Waals surface area contributed by atoms with E-state index >= 15 is 0 Å². The second kappa shape index (κ2) is 7.98. The number of piperidine rings is 1. The Morgan fingerprint density at radius 2 is 2.16 bits per heavy atom. The molecular weight excluding hydrogens is 302 g/mol. The molecule has 0 atom stereocenters. The average Bonchev–Trinajstić information content (AvgIpc) is 2.40. The minimum absolute atomic E-state index is 0.855. The lowest BCUT2D eigenvalue weighted by Gasteiger charge is -2.30. The highest BCUT2D eigenvalue weighted by molar-refractivity contribution is 9.10. The molecule has 1 aliphatic heterocycles. The zero-order chi connectivity index (χ0) is 13.5. The van der Waals surface area contributed by atoms with E-state index in [-0.39, 0.29) is 0 Å². The first kappa shape index (κ1) is 14.9. The van der Waals surface area contributed by atoms with Crippen LogP contribution >= 0.6 is 15.9 Å². The summed E-state index contributed by atoms with van der Waals surface area (Å²) in [5, 5.41) is 3.44. The fourth-order valence-electron chi connectivity index (χ4n) is 2.78. The SMILES string of the molecule is CCCN(Cc1cncc(Br)c1)CC1CCNCC1. The molecule has 2 heterocycles. The van der Waals surface area contributed by atoms with Gasteiger partial charge in [-0.1, -0.05) is 6.92 Å². The Bertz CT molecular complexity index is 377. The van der Waals surface area contributed by atoms with E-state index in [1.165, 1.54) is 51.0 Å². The molecule has 0 radical (unpaired) electrons. The first-order valence-corrected chi connectivity index (χ1v) is 8.09. The number of hydrogen-bond donors (Lipinski definition) is 1. The predicted octanol–water partition coefficient (Wildman–Crippen LogP) is 3.06. The maximum atomic E-state index is 4.26. The first-order chi connectivity index (χ1) is 9.28. The smallest absolute Gasteiger partial charge is 0.0410 e. The van der Waals surface area contributed by atoms with Gasteiger partial charge >= 0.3 is 0 Å². The lowest BCUT2D eigenvalue weighted by atomic mass is 9.97. The monoisotopic (exact) mass is 325 g/mol. The zero-order valence-electron chi connectivity index (χ0n) is 11.7. The van der Waals surface area contributed by atoms with E-state index in [2.05, 4.69) is 44.1 Å². The Hall–Kier alpha value is -0.450. The largest absolute Gasteiger partial charge is 0.317 e. The summed E-state index contributed by atoms with van der Waals surface area (Å²) >= 11 is 3.50. The molecule has 1 N–H and O–H groups in total. The van der Waals surface area contributed by atoms with Crippen molar-refractivity contribution in [1.82, 2.24) is 15.2 Å². The van der Waals surface area contributed by atoms with Crippen LogP contribution in [0.2, 0.25) is 0 Å². The minimum atomic E-state index is 0.855. The second-order valence-corrected chi connectivity index (χ2v) is 6.36. The highest BCUT2D eigenvalue weighted by Crippen LogP contribution is 2.17. The molecule has 1 aliphatic rings. The summed E-state index contributed by atoms with van der Waals surface area (Å²) in [7, 11) is 0. The fourth-order valence-corrected chi connectivity index (χ4v) is 3.19. The summed E-state index contributed by atoms with van der Waals surface area (Å²) in [5.41, 5.74) is 1.30. The lowest BCUT2D eigenvalue weighted by Crippen LogP contribution is -2.36. The number of rotatable bonds is 6. The van der Waals surface area contributed by atoms with E-state index in [1.807, 2.05) is 12.4 Å². The van der Waals surface area contributed by atoms with Gasteiger partial charge in [-0.15, -0.1) is 0 Å². The lowest BCUT2D eigenvalue weighted by molar-refractivity contribution is 0.198. The Morgan fingerprint density at radius 1 is 1.37 bits per heavy atom. The predicted molar refractivity (Wildman–Crippen MR) is 83.1 cm³/mol. The maximum absolute atomic E-state index is 4.26. The van der Waals surface area contributed by atoms with Crippen LogP contribution in [0, 0.1) is 5.92 Å². The summed E-state index contributed by atoms with van der Waals surface area (Å²) < 4.78 is 1.07. The van der Waals surface area contributed by atoms with Gasteiger partial charge in [0.1, 0.15) is 0 Å². The van der Waals surface area contributed by atoms with Gasteiger partial charge in [-0.25, -0.2) is 0 Å². The Balaban J connectivity index is 1.91. The van der Waals surface area contributed by atoms with Crippen molar-refractivity contribution in [3.05, 3.63) is 28.5 Å². The Labute approximate surface area is 124 Å². The number of nitrogens with one attached hydrogen (secondary N) is 1. The van der Waals surface area contributed by atoms with E-state index in [9.17, 15) is 0 Å². The van der Waals surface area contributed by atoms with Crippen LogP contribution < -0.4 is 5.32 Å². The molecule has 0 unspecified atom stereocenters. The van der Waals surface area contributed by atoms with Crippen LogP contribution in [-0.4, -0.2) is 36.1 Å². The standard InChI is InChI=1S/C15H24BrN3/c1-2-7-19(11-13-3-5-17-6-4-13)12-14-8-15(16)10-18-9-14/h8-10,13,17H,2-7,11-12H2,1H3. The number of aromatic nitrogens is 1. The first-order valence-electron chi connectivity index (χ1n) is 7.30. The van der Waals surface area contributed by atoms with Crippen molar-refractivity contribution < 1.29 is 0 Å². The van der Waals surface area contributed by atoms with E-state index in [0.717, 1.165) is 16.9 Å². The average molecular weight is 326 g/mol. The van der Waals surface area contributed by atoms with Gasteiger partial charge in [-0.05, 0) is 72.4 Å². The van der Waals surface area contributed by atoms with Crippen LogP contribution in [0.5, 0.6) is 0 Å². The molecular formula is C15H24BrN3. The highest BCUT2D eigenvalue weighted by Gasteiger charge is 2.16. The number of halogens is 1.